The molecule has 1 N–H and O–H groups in total. The summed E-state index contributed by atoms with van der Waals surface area (Å²) < 4.78 is 26.0. The SMILES string of the molecule is Cc1nnc(NS(=O)(=O)CCc2ccccc2)s1. The molecule has 0 radical (unpaired) electrons. The summed E-state index contributed by atoms with van der Waals surface area (Å²) in [6, 6.07) is 9.50. The molecule has 0 spiro atoms. The van der Waals surface area contributed by atoms with Crippen molar-refractivity contribution < 1.29 is 8.42 Å². The highest BCUT2D eigenvalue weighted by molar-refractivity contribution is 7.92. The third-order valence-electron chi connectivity index (χ3n) is 2.27. The van der Waals surface area contributed by atoms with Crippen LogP contribution in [-0.2, 0) is 16.4 Å². The number of anilines is 1. The maximum absolute atomic E-state index is 11.8. The molecular formula is C11H13N3O2S2. The first-order chi connectivity index (χ1) is 8.55. The molecule has 2 rings (SSSR count). The smallest absolute Gasteiger partial charge is 0.234 e. The van der Waals surface area contributed by atoms with Crippen LogP contribution in [0.3, 0.4) is 0 Å². The average Bonchev–Trinajstić information content (AvgIpc) is 2.73. The van der Waals surface area contributed by atoms with Crippen LogP contribution in [0.15, 0.2) is 30.3 Å². The molecule has 0 saturated heterocycles. The molecule has 18 heavy (non-hydrogen) atoms. The fourth-order valence-electron chi connectivity index (χ4n) is 1.42. The van der Waals surface area contributed by atoms with Gasteiger partial charge in [0.25, 0.3) is 0 Å². The zero-order valence-electron chi connectivity index (χ0n) is 9.83. The van der Waals surface area contributed by atoms with Gasteiger partial charge in [-0.05, 0) is 18.9 Å². The summed E-state index contributed by atoms with van der Waals surface area (Å²) in [6.45, 7) is 1.78. The van der Waals surface area contributed by atoms with E-state index in [1.165, 1.54) is 11.3 Å². The van der Waals surface area contributed by atoms with Crippen molar-refractivity contribution in [2.45, 2.75) is 13.3 Å². The Kier molecular flexibility index (Phi) is 3.93. The fourth-order valence-corrected chi connectivity index (χ4v) is 3.32. The van der Waals surface area contributed by atoms with Gasteiger partial charge in [-0.25, -0.2) is 8.42 Å². The third kappa shape index (κ3) is 3.78. The number of aryl methyl sites for hydroxylation is 2. The first-order valence-electron chi connectivity index (χ1n) is 5.40. The van der Waals surface area contributed by atoms with E-state index in [-0.39, 0.29) is 5.75 Å². The van der Waals surface area contributed by atoms with Crippen LogP contribution < -0.4 is 4.72 Å². The second-order valence-electron chi connectivity index (χ2n) is 3.78. The minimum atomic E-state index is -3.36. The summed E-state index contributed by atoms with van der Waals surface area (Å²) in [5.74, 6) is 0.0373. The first kappa shape index (κ1) is 13.0. The second-order valence-corrected chi connectivity index (χ2v) is 6.81. The van der Waals surface area contributed by atoms with Crippen LogP contribution in [0.2, 0.25) is 0 Å². The second kappa shape index (κ2) is 5.45. The van der Waals surface area contributed by atoms with E-state index in [1.807, 2.05) is 30.3 Å². The molecule has 0 amide bonds. The van der Waals surface area contributed by atoms with Crippen LogP contribution in [0.1, 0.15) is 10.6 Å². The maximum atomic E-state index is 11.8. The molecule has 2 aromatic rings. The predicted molar refractivity (Wildman–Crippen MR) is 72.2 cm³/mol. The minimum absolute atomic E-state index is 0.0373. The summed E-state index contributed by atoms with van der Waals surface area (Å²) in [7, 11) is -3.36. The van der Waals surface area contributed by atoms with Crippen molar-refractivity contribution in [3.05, 3.63) is 40.9 Å². The lowest BCUT2D eigenvalue weighted by molar-refractivity contribution is 0.600. The number of nitrogens with zero attached hydrogens (tertiary/aromatic N) is 2. The van der Waals surface area contributed by atoms with E-state index in [1.54, 1.807) is 6.92 Å². The zero-order valence-corrected chi connectivity index (χ0v) is 11.5. The molecule has 1 aromatic heterocycles. The van der Waals surface area contributed by atoms with Crippen LogP contribution in [0.4, 0.5) is 5.13 Å². The van der Waals surface area contributed by atoms with Gasteiger partial charge in [0.15, 0.2) is 0 Å². The zero-order chi connectivity index (χ0) is 13.0. The van der Waals surface area contributed by atoms with Crippen molar-refractivity contribution in [3.8, 4) is 0 Å². The molecule has 0 aliphatic rings. The monoisotopic (exact) mass is 283 g/mol. The van der Waals surface area contributed by atoms with E-state index in [2.05, 4.69) is 14.9 Å². The molecule has 7 heteroatoms. The number of hydrogen-bond acceptors (Lipinski definition) is 5. The van der Waals surface area contributed by atoms with Crippen LogP contribution in [-0.4, -0.2) is 24.4 Å². The highest BCUT2D eigenvalue weighted by Crippen LogP contribution is 2.15. The Labute approximate surface area is 110 Å². The van der Waals surface area contributed by atoms with E-state index in [9.17, 15) is 8.42 Å². The molecule has 0 saturated carbocycles. The summed E-state index contributed by atoms with van der Waals surface area (Å²) in [5, 5.41) is 8.55. The molecule has 1 heterocycles. The summed E-state index contributed by atoms with van der Waals surface area (Å²) >= 11 is 1.22. The fraction of sp³-hybridized carbons (Fsp3) is 0.273. The first-order valence-corrected chi connectivity index (χ1v) is 7.86. The topological polar surface area (TPSA) is 72.0 Å². The Morgan fingerprint density at radius 3 is 2.56 bits per heavy atom. The number of rotatable bonds is 5. The van der Waals surface area contributed by atoms with Crippen molar-refractivity contribution >= 4 is 26.5 Å². The quantitative estimate of drug-likeness (QED) is 0.908. The molecule has 1 aromatic carbocycles. The molecule has 0 unspecified atom stereocenters. The highest BCUT2D eigenvalue weighted by atomic mass is 32.2. The van der Waals surface area contributed by atoms with Gasteiger partial charge in [0.05, 0.1) is 5.75 Å². The lowest BCUT2D eigenvalue weighted by Gasteiger charge is -2.04. The number of sulfonamides is 1. The van der Waals surface area contributed by atoms with Crippen LogP contribution in [0.25, 0.3) is 0 Å². The van der Waals surface area contributed by atoms with Gasteiger partial charge < -0.3 is 0 Å². The third-order valence-corrected chi connectivity index (χ3v) is 4.40. The van der Waals surface area contributed by atoms with Gasteiger partial charge in [-0.3, -0.25) is 4.72 Å². The summed E-state index contributed by atoms with van der Waals surface area (Å²) in [4.78, 5) is 0. The lowest BCUT2D eigenvalue weighted by Crippen LogP contribution is -2.18. The number of hydrogen-bond donors (Lipinski definition) is 1. The van der Waals surface area contributed by atoms with Crippen molar-refractivity contribution in [2.75, 3.05) is 10.5 Å². The molecule has 0 fully saturated rings. The van der Waals surface area contributed by atoms with E-state index >= 15 is 0 Å². The molecular weight excluding hydrogens is 270 g/mol. The Bertz CT molecular complexity index is 608. The van der Waals surface area contributed by atoms with E-state index in [4.69, 9.17) is 0 Å². The van der Waals surface area contributed by atoms with Gasteiger partial charge >= 0.3 is 0 Å². The standard InChI is InChI=1S/C11H13N3O2S2/c1-9-12-13-11(17-9)14-18(15,16)8-7-10-5-3-2-4-6-10/h2-6H,7-8H2,1H3,(H,13,14). The largest absolute Gasteiger partial charge is 0.257 e. The number of nitrogens with one attached hydrogen (secondary N) is 1. The predicted octanol–water partition coefficient (Wildman–Crippen LogP) is 1.83. The minimum Gasteiger partial charge on any atom is -0.257 e. The molecule has 0 atom stereocenters. The summed E-state index contributed by atoms with van der Waals surface area (Å²) in [5.41, 5.74) is 0.997. The van der Waals surface area contributed by atoms with Gasteiger partial charge in [0.2, 0.25) is 15.2 Å². The normalized spacial score (nSPS) is 11.4. The number of aromatic nitrogens is 2. The Hall–Kier alpha value is -1.47. The molecule has 0 aliphatic carbocycles. The van der Waals surface area contributed by atoms with Gasteiger partial charge in [0.1, 0.15) is 5.01 Å². The van der Waals surface area contributed by atoms with Gasteiger partial charge in [-0.15, -0.1) is 10.2 Å². The molecule has 0 bridgehead atoms. The summed E-state index contributed by atoms with van der Waals surface area (Å²) in [6.07, 6.45) is 0.480. The van der Waals surface area contributed by atoms with E-state index < -0.39 is 10.0 Å². The van der Waals surface area contributed by atoms with Crippen molar-refractivity contribution in [2.24, 2.45) is 0 Å². The van der Waals surface area contributed by atoms with Crippen molar-refractivity contribution in [1.29, 1.82) is 0 Å². The van der Waals surface area contributed by atoms with Crippen LogP contribution in [0, 0.1) is 6.92 Å². The molecule has 5 nitrogen and oxygen atoms in total. The lowest BCUT2D eigenvalue weighted by atomic mass is 10.2. The van der Waals surface area contributed by atoms with Crippen molar-refractivity contribution in [3.63, 3.8) is 0 Å². The highest BCUT2D eigenvalue weighted by Gasteiger charge is 2.13. The van der Waals surface area contributed by atoms with Gasteiger partial charge in [0, 0.05) is 0 Å². The van der Waals surface area contributed by atoms with Gasteiger partial charge in [-0.1, -0.05) is 41.7 Å². The van der Waals surface area contributed by atoms with E-state index in [0.29, 0.717) is 11.6 Å². The maximum Gasteiger partial charge on any atom is 0.234 e. The Balaban J connectivity index is 1.96. The Morgan fingerprint density at radius 1 is 1.22 bits per heavy atom. The van der Waals surface area contributed by atoms with Gasteiger partial charge in [-0.2, -0.15) is 0 Å². The number of benzene rings is 1. The molecule has 96 valence electrons. The van der Waals surface area contributed by atoms with Crippen LogP contribution in [0.5, 0.6) is 0 Å². The van der Waals surface area contributed by atoms with Crippen molar-refractivity contribution in [1.82, 2.24) is 10.2 Å². The van der Waals surface area contributed by atoms with E-state index in [0.717, 1.165) is 10.6 Å². The van der Waals surface area contributed by atoms with Crippen LogP contribution >= 0.6 is 11.3 Å². The Morgan fingerprint density at radius 2 is 1.94 bits per heavy atom. The average molecular weight is 283 g/mol. The molecule has 0 aliphatic heterocycles.